The molecule has 1 unspecified atom stereocenters. The summed E-state index contributed by atoms with van der Waals surface area (Å²) in [6.45, 7) is 6.82. The lowest BCUT2D eigenvalue weighted by molar-refractivity contribution is 0.0527. The van der Waals surface area contributed by atoms with Crippen molar-refractivity contribution < 1.29 is 19.4 Å². The van der Waals surface area contributed by atoms with E-state index in [2.05, 4.69) is 41.1 Å². The first-order valence-corrected chi connectivity index (χ1v) is 11.9. The minimum Gasteiger partial charge on any atom is -0.491 e. The standard InChI is InChI=1S/C27H34N2O4/c1-4-32-27(31)26-19(3)29(21-11-9-18(2)10-12-21)25-14-13-23(15-24(25)26)33-17-22(30)16-28-20-7-5-6-8-20/h9-15,20,22,28,30H,4-8,16-17H2,1-3H3. The number of nitrogens with one attached hydrogen (secondary N) is 1. The molecule has 176 valence electrons. The van der Waals surface area contributed by atoms with Crippen molar-refractivity contribution in [2.75, 3.05) is 19.8 Å². The van der Waals surface area contributed by atoms with Gasteiger partial charge in [-0.1, -0.05) is 30.5 Å². The summed E-state index contributed by atoms with van der Waals surface area (Å²) >= 11 is 0. The van der Waals surface area contributed by atoms with Crippen LogP contribution in [0.15, 0.2) is 42.5 Å². The Kier molecular flexibility index (Phi) is 7.36. The maximum Gasteiger partial charge on any atom is 0.340 e. The Morgan fingerprint density at radius 2 is 1.88 bits per heavy atom. The number of carbonyl (C=O) groups is 1. The van der Waals surface area contributed by atoms with E-state index in [1.807, 2.05) is 32.0 Å². The van der Waals surface area contributed by atoms with Gasteiger partial charge in [-0.25, -0.2) is 4.79 Å². The molecular formula is C27H34N2O4. The Bertz CT molecular complexity index is 1100. The number of nitrogens with zero attached hydrogens (tertiary/aromatic N) is 1. The van der Waals surface area contributed by atoms with Crippen LogP contribution in [0.2, 0.25) is 0 Å². The van der Waals surface area contributed by atoms with E-state index in [-0.39, 0.29) is 12.6 Å². The molecule has 2 N–H and O–H groups in total. The summed E-state index contributed by atoms with van der Waals surface area (Å²) in [6, 6.07) is 14.4. The van der Waals surface area contributed by atoms with Crippen LogP contribution in [0.3, 0.4) is 0 Å². The molecule has 1 aromatic heterocycles. The fourth-order valence-electron chi connectivity index (χ4n) is 4.66. The number of hydrogen-bond donors (Lipinski definition) is 2. The largest absolute Gasteiger partial charge is 0.491 e. The van der Waals surface area contributed by atoms with Crippen LogP contribution >= 0.6 is 0 Å². The lowest BCUT2D eigenvalue weighted by Crippen LogP contribution is -2.36. The van der Waals surface area contributed by atoms with Crippen LogP contribution in [0, 0.1) is 13.8 Å². The number of esters is 1. The van der Waals surface area contributed by atoms with E-state index in [1.165, 1.54) is 31.2 Å². The molecule has 1 fully saturated rings. The molecule has 0 bridgehead atoms. The van der Waals surface area contributed by atoms with Crippen LogP contribution in [0.25, 0.3) is 16.6 Å². The molecule has 6 nitrogen and oxygen atoms in total. The number of benzene rings is 2. The fourth-order valence-corrected chi connectivity index (χ4v) is 4.66. The number of ether oxygens (including phenoxy) is 2. The highest BCUT2D eigenvalue weighted by Gasteiger charge is 2.23. The van der Waals surface area contributed by atoms with Gasteiger partial charge in [-0.15, -0.1) is 0 Å². The quantitative estimate of drug-likeness (QED) is 0.463. The summed E-state index contributed by atoms with van der Waals surface area (Å²) in [4.78, 5) is 12.8. The van der Waals surface area contributed by atoms with E-state index < -0.39 is 6.10 Å². The van der Waals surface area contributed by atoms with Crippen molar-refractivity contribution >= 4 is 16.9 Å². The number of aliphatic hydroxyl groups excluding tert-OH is 1. The third kappa shape index (κ3) is 5.23. The number of fused-ring (bicyclic) bond motifs is 1. The van der Waals surface area contributed by atoms with Crippen LogP contribution in [-0.2, 0) is 4.74 Å². The summed E-state index contributed by atoms with van der Waals surface area (Å²) < 4.78 is 13.3. The Labute approximate surface area is 195 Å². The van der Waals surface area contributed by atoms with E-state index in [0.717, 1.165) is 22.3 Å². The van der Waals surface area contributed by atoms with Crippen molar-refractivity contribution in [1.29, 1.82) is 0 Å². The maximum absolute atomic E-state index is 12.8. The smallest absolute Gasteiger partial charge is 0.340 e. The minimum absolute atomic E-state index is 0.192. The number of rotatable bonds is 9. The summed E-state index contributed by atoms with van der Waals surface area (Å²) in [6.07, 6.45) is 4.28. The van der Waals surface area contributed by atoms with Gasteiger partial charge in [0.1, 0.15) is 18.5 Å². The average Bonchev–Trinajstić information content (AvgIpc) is 3.42. The van der Waals surface area contributed by atoms with Crippen molar-refractivity contribution in [3.05, 3.63) is 59.3 Å². The third-order valence-corrected chi connectivity index (χ3v) is 6.39. The van der Waals surface area contributed by atoms with Gasteiger partial charge in [-0.2, -0.15) is 0 Å². The average molecular weight is 451 g/mol. The summed E-state index contributed by atoms with van der Waals surface area (Å²) in [5.41, 5.74) is 4.44. The second kappa shape index (κ2) is 10.4. The van der Waals surface area contributed by atoms with Crippen molar-refractivity contribution in [2.45, 2.75) is 58.6 Å². The second-order valence-electron chi connectivity index (χ2n) is 8.89. The summed E-state index contributed by atoms with van der Waals surface area (Å²) in [5.74, 6) is 0.276. The lowest BCUT2D eigenvalue weighted by Gasteiger charge is -2.17. The van der Waals surface area contributed by atoms with Crippen molar-refractivity contribution in [2.24, 2.45) is 0 Å². The number of carbonyl (C=O) groups excluding carboxylic acids is 1. The topological polar surface area (TPSA) is 72.7 Å². The van der Waals surface area contributed by atoms with Crippen molar-refractivity contribution in [3.8, 4) is 11.4 Å². The molecule has 0 saturated heterocycles. The highest BCUT2D eigenvalue weighted by atomic mass is 16.5. The molecule has 1 atom stereocenters. The van der Waals surface area contributed by atoms with E-state index >= 15 is 0 Å². The lowest BCUT2D eigenvalue weighted by atomic mass is 10.1. The molecule has 0 amide bonds. The highest BCUT2D eigenvalue weighted by molar-refractivity contribution is 6.07. The molecule has 4 rings (SSSR count). The van der Waals surface area contributed by atoms with Gasteiger partial charge in [-0.05, 0) is 63.9 Å². The fraction of sp³-hybridized carbons (Fsp3) is 0.444. The van der Waals surface area contributed by atoms with Crippen LogP contribution in [0.4, 0.5) is 0 Å². The zero-order valence-electron chi connectivity index (χ0n) is 19.8. The molecule has 1 aliphatic carbocycles. The third-order valence-electron chi connectivity index (χ3n) is 6.39. The molecule has 1 saturated carbocycles. The Morgan fingerprint density at radius 1 is 1.15 bits per heavy atom. The van der Waals surface area contributed by atoms with Gasteiger partial charge in [0, 0.05) is 29.4 Å². The number of aryl methyl sites for hydroxylation is 1. The second-order valence-corrected chi connectivity index (χ2v) is 8.89. The first-order valence-electron chi connectivity index (χ1n) is 11.9. The van der Waals surface area contributed by atoms with Gasteiger partial charge in [0.15, 0.2) is 0 Å². The zero-order chi connectivity index (χ0) is 23.4. The number of aliphatic hydroxyl groups is 1. The van der Waals surface area contributed by atoms with Crippen LogP contribution in [0.5, 0.6) is 5.75 Å². The molecular weight excluding hydrogens is 416 g/mol. The van der Waals surface area contributed by atoms with Gasteiger partial charge >= 0.3 is 5.97 Å². The SMILES string of the molecule is CCOC(=O)c1c(C)n(-c2ccc(C)cc2)c2ccc(OCC(O)CNC3CCCC3)cc12. The van der Waals surface area contributed by atoms with Gasteiger partial charge in [0.25, 0.3) is 0 Å². The molecule has 0 spiro atoms. The van der Waals surface area contributed by atoms with E-state index in [9.17, 15) is 9.90 Å². The van der Waals surface area contributed by atoms with Crippen LogP contribution in [0.1, 0.15) is 54.2 Å². The summed E-state index contributed by atoms with van der Waals surface area (Å²) in [7, 11) is 0. The van der Waals surface area contributed by atoms with Gasteiger partial charge in [0.2, 0.25) is 0 Å². The van der Waals surface area contributed by atoms with E-state index in [0.29, 0.717) is 30.5 Å². The van der Waals surface area contributed by atoms with Crippen molar-refractivity contribution in [3.63, 3.8) is 0 Å². The summed E-state index contributed by atoms with van der Waals surface area (Å²) in [5, 5.41) is 14.6. The number of hydrogen-bond acceptors (Lipinski definition) is 5. The molecule has 2 aromatic carbocycles. The first-order chi connectivity index (χ1) is 16.0. The van der Waals surface area contributed by atoms with Gasteiger partial charge in [-0.3, -0.25) is 0 Å². The van der Waals surface area contributed by atoms with Crippen LogP contribution < -0.4 is 10.1 Å². The van der Waals surface area contributed by atoms with E-state index in [1.54, 1.807) is 0 Å². The molecule has 33 heavy (non-hydrogen) atoms. The predicted octanol–water partition coefficient (Wildman–Crippen LogP) is 4.70. The monoisotopic (exact) mass is 450 g/mol. The highest BCUT2D eigenvalue weighted by Crippen LogP contribution is 2.32. The molecule has 0 aliphatic heterocycles. The maximum atomic E-state index is 12.8. The molecule has 6 heteroatoms. The first kappa shape index (κ1) is 23.3. The molecule has 1 aliphatic rings. The molecule has 0 radical (unpaired) electrons. The minimum atomic E-state index is -0.593. The van der Waals surface area contributed by atoms with Crippen LogP contribution in [-0.4, -0.2) is 47.5 Å². The molecule has 1 heterocycles. The normalized spacial score (nSPS) is 15.2. The van der Waals surface area contributed by atoms with Gasteiger partial charge < -0.3 is 24.5 Å². The molecule has 3 aromatic rings. The Hall–Kier alpha value is -2.83. The Balaban J connectivity index is 1.59. The van der Waals surface area contributed by atoms with Crippen molar-refractivity contribution in [1.82, 2.24) is 9.88 Å². The van der Waals surface area contributed by atoms with E-state index in [4.69, 9.17) is 9.47 Å². The number of aromatic nitrogens is 1. The Morgan fingerprint density at radius 3 is 2.58 bits per heavy atom. The van der Waals surface area contributed by atoms with Gasteiger partial charge in [0.05, 0.1) is 17.7 Å². The predicted molar refractivity (Wildman–Crippen MR) is 130 cm³/mol. The zero-order valence-corrected chi connectivity index (χ0v) is 19.8.